The molecule has 3 rings (SSSR count). The average Bonchev–Trinajstić information content (AvgIpc) is 2.43. The number of aliphatic hydroxyl groups is 1. The van der Waals surface area contributed by atoms with Gasteiger partial charge in [-0.2, -0.15) is 0 Å². The zero-order chi connectivity index (χ0) is 15.9. The van der Waals surface area contributed by atoms with Gasteiger partial charge in [0.15, 0.2) is 0 Å². The van der Waals surface area contributed by atoms with E-state index in [0.29, 0.717) is 5.92 Å². The predicted molar refractivity (Wildman–Crippen MR) is 87.7 cm³/mol. The third kappa shape index (κ3) is 2.31. The maximum absolute atomic E-state index is 11.8. The fourth-order valence-corrected chi connectivity index (χ4v) is 4.01. The SMILES string of the molecule is COc1ccc(C)c([C@]2(O)[C@@H](CN(C)C)CC[C@@H]3C#C[C@@H]32)c1. The number of fused-ring (bicyclic) bond motifs is 1. The van der Waals surface area contributed by atoms with E-state index in [2.05, 4.69) is 37.8 Å². The Bertz CT molecular complexity index is 628. The van der Waals surface area contributed by atoms with Gasteiger partial charge >= 0.3 is 0 Å². The average molecular weight is 299 g/mol. The van der Waals surface area contributed by atoms with Crippen molar-refractivity contribution in [3.8, 4) is 17.6 Å². The first kappa shape index (κ1) is 15.4. The van der Waals surface area contributed by atoms with Gasteiger partial charge in [0.1, 0.15) is 11.4 Å². The Labute approximate surface area is 133 Å². The highest BCUT2D eigenvalue weighted by Crippen LogP contribution is 2.51. The highest BCUT2D eigenvalue weighted by Gasteiger charge is 2.53. The van der Waals surface area contributed by atoms with Gasteiger partial charge in [-0.15, -0.1) is 0 Å². The van der Waals surface area contributed by atoms with Crippen molar-refractivity contribution in [2.24, 2.45) is 17.8 Å². The van der Waals surface area contributed by atoms with E-state index in [1.165, 1.54) is 0 Å². The van der Waals surface area contributed by atoms with E-state index in [4.69, 9.17) is 4.74 Å². The molecular formula is C19H25NO2. The summed E-state index contributed by atoms with van der Waals surface area (Å²) in [6, 6.07) is 5.99. The van der Waals surface area contributed by atoms with Crippen LogP contribution in [-0.4, -0.2) is 37.8 Å². The lowest BCUT2D eigenvalue weighted by Crippen LogP contribution is -2.53. The third-order valence-corrected chi connectivity index (χ3v) is 5.21. The molecule has 0 amide bonds. The Morgan fingerprint density at radius 1 is 1.32 bits per heavy atom. The molecule has 2 aliphatic carbocycles. The minimum Gasteiger partial charge on any atom is -0.497 e. The summed E-state index contributed by atoms with van der Waals surface area (Å²) in [6.07, 6.45) is 2.11. The molecule has 0 radical (unpaired) electrons. The summed E-state index contributed by atoms with van der Waals surface area (Å²) < 4.78 is 5.38. The van der Waals surface area contributed by atoms with Crippen LogP contribution in [0.3, 0.4) is 0 Å². The molecule has 1 aromatic rings. The van der Waals surface area contributed by atoms with Crippen molar-refractivity contribution >= 4 is 0 Å². The topological polar surface area (TPSA) is 32.7 Å². The molecular weight excluding hydrogens is 274 g/mol. The largest absolute Gasteiger partial charge is 0.497 e. The monoisotopic (exact) mass is 299 g/mol. The molecule has 0 saturated heterocycles. The van der Waals surface area contributed by atoms with Crippen molar-refractivity contribution in [1.29, 1.82) is 0 Å². The molecule has 1 saturated carbocycles. The zero-order valence-electron chi connectivity index (χ0n) is 13.9. The lowest BCUT2D eigenvalue weighted by atomic mass is 9.57. The van der Waals surface area contributed by atoms with Crippen LogP contribution in [0.4, 0.5) is 0 Å². The summed E-state index contributed by atoms with van der Waals surface area (Å²) >= 11 is 0. The quantitative estimate of drug-likeness (QED) is 0.867. The van der Waals surface area contributed by atoms with Gasteiger partial charge in [0.25, 0.3) is 0 Å². The first-order valence-corrected chi connectivity index (χ1v) is 8.00. The van der Waals surface area contributed by atoms with Crippen LogP contribution >= 0.6 is 0 Å². The van der Waals surface area contributed by atoms with Gasteiger partial charge in [0.05, 0.1) is 13.0 Å². The molecule has 118 valence electrons. The summed E-state index contributed by atoms with van der Waals surface area (Å²) in [6.45, 7) is 2.94. The van der Waals surface area contributed by atoms with E-state index in [0.717, 1.165) is 36.3 Å². The minimum absolute atomic E-state index is 0.0528. The minimum atomic E-state index is -0.878. The van der Waals surface area contributed by atoms with Crippen LogP contribution in [0.25, 0.3) is 0 Å². The van der Waals surface area contributed by atoms with Gasteiger partial charge in [0.2, 0.25) is 0 Å². The molecule has 0 unspecified atom stereocenters. The molecule has 0 spiro atoms. The predicted octanol–water partition coefficient (Wildman–Crippen LogP) is 2.41. The molecule has 1 aromatic carbocycles. The molecule has 0 heterocycles. The van der Waals surface area contributed by atoms with E-state index < -0.39 is 5.60 Å². The normalized spacial score (nSPS) is 32.7. The summed E-state index contributed by atoms with van der Waals surface area (Å²) in [7, 11) is 5.80. The number of nitrogens with zero attached hydrogens (tertiary/aromatic N) is 1. The molecule has 4 atom stereocenters. The van der Waals surface area contributed by atoms with Crippen LogP contribution < -0.4 is 4.74 Å². The molecule has 22 heavy (non-hydrogen) atoms. The van der Waals surface area contributed by atoms with Gasteiger partial charge in [-0.1, -0.05) is 17.9 Å². The zero-order valence-corrected chi connectivity index (χ0v) is 13.9. The van der Waals surface area contributed by atoms with E-state index in [1.807, 2.05) is 18.2 Å². The van der Waals surface area contributed by atoms with Crippen LogP contribution in [0.1, 0.15) is 24.0 Å². The van der Waals surface area contributed by atoms with Crippen molar-refractivity contribution in [3.63, 3.8) is 0 Å². The lowest BCUT2D eigenvalue weighted by molar-refractivity contribution is -0.106. The Hall–Kier alpha value is -1.50. The van der Waals surface area contributed by atoms with Crippen LogP contribution in [0.5, 0.6) is 5.75 Å². The number of ether oxygens (including phenoxy) is 1. The summed E-state index contributed by atoms with van der Waals surface area (Å²) in [4.78, 5) is 2.16. The number of methoxy groups -OCH3 is 1. The molecule has 1 fully saturated rings. The van der Waals surface area contributed by atoms with Crippen LogP contribution in [0.15, 0.2) is 18.2 Å². The van der Waals surface area contributed by atoms with Crippen LogP contribution in [0.2, 0.25) is 0 Å². The van der Waals surface area contributed by atoms with Crippen molar-refractivity contribution in [2.75, 3.05) is 27.7 Å². The third-order valence-electron chi connectivity index (χ3n) is 5.21. The standard InChI is InChI=1S/C19H25NO2/c1-13-5-9-16(22-4)11-18(13)19(21)15(12-20(2)3)8-6-14-7-10-17(14)19/h5,9,11,14-15,17,21H,6,8,12H2,1-4H3/t14-,15-,17+,19+/m1/s1. The Morgan fingerprint density at radius 3 is 2.68 bits per heavy atom. The second-order valence-corrected chi connectivity index (χ2v) is 6.92. The highest BCUT2D eigenvalue weighted by atomic mass is 16.5. The Balaban J connectivity index is 2.07. The van der Waals surface area contributed by atoms with Gasteiger partial charge in [0, 0.05) is 18.4 Å². The highest BCUT2D eigenvalue weighted by molar-refractivity contribution is 5.44. The van der Waals surface area contributed by atoms with Crippen molar-refractivity contribution in [3.05, 3.63) is 29.3 Å². The van der Waals surface area contributed by atoms with E-state index in [9.17, 15) is 5.11 Å². The molecule has 2 aliphatic rings. The first-order valence-electron chi connectivity index (χ1n) is 8.00. The Kier molecular flexibility index (Phi) is 3.92. The van der Waals surface area contributed by atoms with Crippen molar-refractivity contribution in [2.45, 2.75) is 25.4 Å². The van der Waals surface area contributed by atoms with Gasteiger partial charge in [-0.25, -0.2) is 0 Å². The van der Waals surface area contributed by atoms with E-state index >= 15 is 0 Å². The maximum atomic E-state index is 11.8. The number of hydrogen-bond acceptors (Lipinski definition) is 3. The van der Waals surface area contributed by atoms with Crippen molar-refractivity contribution < 1.29 is 9.84 Å². The fourth-order valence-electron chi connectivity index (χ4n) is 4.01. The van der Waals surface area contributed by atoms with E-state index in [1.54, 1.807) is 7.11 Å². The molecule has 1 N–H and O–H groups in total. The second kappa shape index (κ2) is 5.61. The van der Waals surface area contributed by atoms with Gasteiger partial charge in [-0.05, 0) is 57.1 Å². The number of aryl methyl sites for hydroxylation is 1. The number of hydrogen-bond donors (Lipinski definition) is 1. The summed E-state index contributed by atoms with van der Waals surface area (Å²) in [5, 5.41) is 11.8. The van der Waals surface area contributed by atoms with Crippen LogP contribution in [-0.2, 0) is 5.60 Å². The number of benzene rings is 1. The van der Waals surface area contributed by atoms with Crippen molar-refractivity contribution in [1.82, 2.24) is 4.90 Å². The van der Waals surface area contributed by atoms with Crippen LogP contribution in [0, 0.1) is 36.5 Å². The maximum Gasteiger partial charge on any atom is 0.119 e. The smallest absolute Gasteiger partial charge is 0.119 e. The first-order chi connectivity index (χ1) is 10.5. The fraction of sp³-hybridized carbons (Fsp3) is 0.579. The summed E-state index contributed by atoms with van der Waals surface area (Å²) in [5.41, 5.74) is 1.22. The molecule has 3 nitrogen and oxygen atoms in total. The molecule has 3 heteroatoms. The van der Waals surface area contributed by atoms with Gasteiger partial charge < -0.3 is 14.7 Å². The lowest BCUT2D eigenvalue weighted by Gasteiger charge is -2.50. The molecule has 0 bridgehead atoms. The van der Waals surface area contributed by atoms with E-state index in [-0.39, 0.29) is 11.8 Å². The second-order valence-electron chi connectivity index (χ2n) is 6.92. The molecule has 0 aromatic heterocycles. The summed E-state index contributed by atoms with van der Waals surface area (Å²) in [5.74, 6) is 7.88. The molecule has 0 aliphatic heterocycles. The van der Waals surface area contributed by atoms with Gasteiger partial charge in [-0.3, -0.25) is 0 Å². The number of rotatable bonds is 4. The Morgan fingerprint density at radius 2 is 2.09 bits per heavy atom.